The minimum atomic E-state index is -4.75. The van der Waals surface area contributed by atoms with Crippen molar-refractivity contribution in [2.75, 3.05) is 0 Å². The second-order valence-corrected chi connectivity index (χ2v) is 6.27. The van der Waals surface area contributed by atoms with Crippen LogP contribution in [0.3, 0.4) is 0 Å². The number of rotatable bonds is 6. The van der Waals surface area contributed by atoms with Gasteiger partial charge < -0.3 is 9.47 Å². The first-order valence-corrected chi connectivity index (χ1v) is 8.96. The maximum Gasteiger partial charge on any atom is 0.573 e. The Bertz CT molecular complexity index is 983. The monoisotopic (exact) mass is 452 g/mol. The summed E-state index contributed by atoms with van der Waals surface area (Å²) in [6.45, 7) is 0. The fourth-order valence-corrected chi connectivity index (χ4v) is 2.43. The maximum absolute atomic E-state index is 12.2. The summed E-state index contributed by atoms with van der Waals surface area (Å²) in [5.74, 6) is -0.662. The van der Waals surface area contributed by atoms with E-state index in [9.17, 15) is 26.3 Å². The maximum atomic E-state index is 12.2. The highest BCUT2D eigenvalue weighted by molar-refractivity contribution is 5.86. The first kappa shape index (κ1) is 22.9. The summed E-state index contributed by atoms with van der Waals surface area (Å²) in [4.78, 5) is 8.37. The summed E-state index contributed by atoms with van der Waals surface area (Å²) >= 11 is 0. The molecule has 0 radical (unpaired) electrons. The van der Waals surface area contributed by atoms with E-state index >= 15 is 0 Å². The van der Waals surface area contributed by atoms with Crippen LogP contribution in [0.2, 0.25) is 0 Å². The molecule has 0 spiro atoms. The Balaban J connectivity index is 1.58. The van der Waals surface area contributed by atoms with Crippen LogP contribution in [0.4, 0.5) is 37.7 Å². The number of halogens is 6. The molecule has 0 atom stereocenters. The fourth-order valence-electron chi connectivity index (χ4n) is 2.43. The molecular formula is C22H14F6N2O2. The van der Waals surface area contributed by atoms with Crippen LogP contribution >= 0.6 is 0 Å². The summed E-state index contributed by atoms with van der Waals surface area (Å²) in [6.07, 6.45) is -6.42. The van der Waals surface area contributed by atoms with Crippen LogP contribution in [-0.4, -0.2) is 25.2 Å². The van der Waals surface area contributed by atoms with Gasteiger partial charge in [-0.2, -0.15) is 0 Å². The molecule has 0 aromatic heterocycles. The fraction of sp³-hybridized carbons (Fsp3) is 0.0909. The zero-order valence-electron chi connectivity index (χ0n) is 16.1. The molecule has 32 heavy (non-hydrogen) atoms. The van der Waals surface area contributed by atoms with Gasteiger partial charge in [0.25, 0.3) is 0 Å². The van der Waals surface area contributed by atoms with Crippen molar-refractivity contribution in [1.29, 1.82) is 0 Å². The van der Waals surface area contributed by atoms with Gasteiger partial charge in [-0.15, -0.1) is 26.3 Å². The van der Waals surface area contributed by atoms with E-state index in [4.69, 9.17) is 0 Å². The lowest BCUT2D eigenvalue weighted by Gasteiger charge is -2.08. The van der Waals surface area contributed by atoms with Gasteiger partial charge in [0, 0.05) is 12.4 Å². The quantitative estimate of drug-likeness (QED) is 0.299. The van der Waals surface area contributed by atoms with E-state index < -0.39 is 12.7 Å². The van der Waals surface area contributed by atoms with Gasteiger partial charge in [-0.1, -0.05) is 24.3 Å². The van der Waals surface area contributed by atoms with E-state index in [0.717, 1.165) is 11.1 Å². The highest BCUT2D eigenvalue weighted by Gasteiger charge is 2.31. The highest BCUT2D eigenvalue weighted by atomic mass is 19.4. The number of alkyl halides is 6. The van der Waals surface area contributed by atoms with Crippen LogP contribution in [-0.2, 0) is 0 Å². The molecule has 10 heteroatoms. The van der Waals surface area contributed by atoms with E-state index in [2.05, 4.69) is 19.5 Å². The van der Waals surface area contributed by atoms with E-state index in [1.54, 1.807) is 36.7 Å². The van der Waals surface area contributed by atoms with Gasteiger partial charge in [-0.25, -0.2) is 0 Å². The third-order valence-corrected chi connectivity index (χ3v) is 3.80. The van der Waals surface area contributed by atoms with Crippen molar-refractivity contribution < 1.29 is 35.8 Å². The van der Waals surface area contributed by atoms with E-state index in [1.807, 2.05) is 0 Å². The van der Waals surface area contributed by atoms with Crippen molar-refractivity contribution in [3.05, 3.63) is 83.9 Å². The summed E-state index contributed by atoms with van der Waals surface area (Å²) in [6, 6.07) is 17.3. The van der Waals surface area contributed by atoms with E-state index in [1.165, 1.54) is 48.5 Å². The van der Waals surface area contributed by atoms with Gasteiger partial charge in [0.15, 0.2) is 0 Å². The Hall–Kier alpha value is -3.82. The van der Waals surface area contributed by atoms with Crippen molar-refractivity contribution in [1.82, 2.24) is 0 Å². The Kier molecular flexibility index (Phi) is 6.82. The van der Waals surface area contributed by atoms with Gasteiger partial charge >= 0.3 is 12.7 Å². The minimum absolute atomic E-state index is 0.331. The number of benzene rings is 3. The molecule has 166 valence electrons. The first-order chi connectivity index (χ1) is 15.1. The zero-order valence-corrected chi connectivity index (χ0v) is 16.1. The molecule has 0 fully saturated rings. The van der Waals surface area contributed by atoms with Gasteiger partial charge in [-0.3, -0.25) is 9.98 Å². The molecular weight excluding hydrogens is 438 g/mol. The number of aliphatic imine (C=N–C) groups is 2. The number of nitrogens with zero attached hydrogens (tertiary/aromatic N) is 2. The van der Waals surface area contributed by atoms with Gasteiger partial charge in [0.2, 0.25) is 0 Å². The van der Waals surface area contributed by atoms with Gasteiger partial charge in [0.05, 0.1) is 11.4 Å². The lowest BCUT2D eigenvalue weighted by Crippen LogP contribution is -2.16. The Morgan fingerprint density at radius 1 is 0.500 bits per heavy atom. The molecule has 0 aliphatic rings. The lowest BCUT2D eigenvalue weighted by molar-refractivity contribution is -0.275. The molecule has 0 aliphatic heterocycles. The second kappa shape index (κ2) is 9.54. The Labute approximate surface area is 178 Å². The van der Waals surface area contributed by atoms with Crippen LogP contribution in [0.25, 0.3) is 0 Å². The molecule has 0 amide bonds. The number of ether oxygens (including phenoxy) is 2. The van der Waals surface area contributed by atoms with E-state index in [-0.39, 0.29) is 11.5 Å². The second-order valence-electron chi connectivity index (χ2n) is 6.27. The standard InChI is InChI=1S/C22H14F6N2O2/c23-21(24,25)31-19-9-5-17(6-10-19)29-13-15-1-2-16(4-3-15)14-30-18-7-11-20(12-8-18)32-22(26,27)28/h1-14H. The molecule has 3 aromatic rings. The highest BCUT2D eigenvalue weighted by Crippen LogP contribution is 2.26. The molecule has 4 nitrogen and oxygen atoms in total. The summed E-state index contributed by atoms with van der Waals surface area (Å²) in [5.41, 5.74) is 2.38. The molecule has 0 unspecified atom stereocenters. The average molecular weight is 452 g/mol. The van der Waals surface area contributed by atoms with Crippen LogP contribution in [0.5, 0.6) is 11.5 Å². The average Bonchev–Trinajstić information content (AvgIpc) is 2.71. The molecule has 3 aromatic carbocycles. The number of hydrogen-bond donors (Lipinski definition) is 0. The zero-order chi connectivity index (χ0) is 23.2. The van der Waals surface area contributed by atoms with Crippen LogP contribution in [0, 0.1) is 0 Å². The van der Waals surface area contributed by atoms with E-state index in [0.29, 0.717) is 11.4 Å². The first-order valence-electron chi connectivity index (χ1n) is 8.96. The third-order valence-electron chi connectivity index (χ3n) is 3.80. The lowest BCUT2D eigenvalue weighted by atomic mass is 10.1. The summed E-state index contributed by atoms with van der Waals surface area (Å²) < 4.78 is 80.6. The molecule has 0 N–H and O–H groups in total. The molecule has 3 rings (SSSR count). The predicted octanol–water partition coefficient (Wildman–Crippen LogP) is 6.99. The predicted molar refractivity (Wildman–Crippen MR) is 107 cm³/mol. The largest absolute Gasteiger partial charge is 0.573 e. The smallest absolute Gasteiger partial charge is 0.406 e. The number of hydrogen-bond acceptors (Lipinski definition) is 4. The van der Waals surface area contributed by atoms with Crippen molar-refractivity contribution in [3.8, 4) is 11.5 Å². The van der Waals surface area contributed by atoms with Crippen LogP contribution < -0.4 is 9.47 Å². The van der Waals surface area contributed by atoms with Crippen LogP contribution in [0.1, 0.15) is 11.1 Å². The van der Waals surface area contributed by atoms with Crippen LogP contribution in [0.15, 0.2) is 82.8 Å². The molecule has 0 heterocycles. The minimum Gasteiger partial charge on any atom is -0.406 e. The van der Waals surface area contributed by atoms with Gasteiger partial charge in [0.1, 0.15) is 11.5 Å². The summed E-state index contributed by atoms with van der Waals surface area (Å²) in [5, 5.41) is 0. The molecule has 0 bridgehead atoms. The van der Waals surface area contributed by atoms with Crippen molar-refractivity contribution >= 4 is 23.8 Å². The van der Waals surface area contributed by atoms with Crippen molar-refractivity contribution in [2.45, 2.75) is 12.7 Å². The third kappa shape index (κ3) is 7.78. The summed E-state index contributed by atoms with van der Waals surface area (Å²) in [7, 11) is 0. The SMILES string of the molecule is FC(F)(F)Oc1ccc(N=Cc2ccc(C=Nc3ccc(OC(F)(F)F)cc3)cc2)cc1. The molecule has 0 saturated carbocycles. The Morgan fingerprint density at radius 2 is 0.812 bits per heavy atom. The van der Waals surface area contributed by atoms with Crippen molar-refractivity contribution in [2.24, 2.45) is 9.98 Å². The normalized spacial score (nSPS) is 12.4. The topological polar surface area (TPSA) is 43.2 Å². The van der Waals surface area contributed by atoms with Crippen molar-refractivity contribution in [3.63, 3.8) is 0 Å². The molecule has 0 aliphatic carbocycles. The Morgan fingerprint density at radius 3 is 1.09 bits per heavy atom. The van der Waals surface area contributed by atoms with Gasteiger partial charge in [-0.05, 0) is 59.7 Å². The molecule has 0 saturated heterocycles.